The van der Waals surface area contributed by atoms with Crippen LogP contribution >= 0.6 is 24.0 Å². The highest BCUT2D eigenvalue weighted by Crippen LogP contribution is 2.15. The van der Waals surface area contributed by atoms with Crippen molar-refractivity contribution in [3.05, 3.63) is 65.7 Å². The lowest BCUT2D eigenvalue weighted by molar-refractivity contribution is 0.146. The number of nitrogens with zero attached hydrogens (tertiary/aromatic N) is 2. The smallest absolute Gasteiger partial charge is 0.191 e. The lowest BCUT2D eigenvalue weighted by Gasteiger charge is -2.33. The zero-order valence-corrected chi connectivity index (χ0v) is 20.9. The molecule has 1 heterocycles. The van der Waals surface area contributed by atoms with Crippen LogP contribution in [0.15, 0.2) is 59.6 Å². The van der Waals surface area contributed by atoms with Gasteiger partial charge in [0.25, 0.3) is 0 Å². The Labute approximate surface area is 203 Å². The van der Waals surface area contributed by atoms with Gasteiger partial charge < -0.3 is 20.1 Å². The van der Waals surface area contributed by atoms with Crippen molar-refractivity contribution >= 4 is 29.9 Å². The van der Waals surface area contributed by atoms with Gasteiger partial charge in [0.05, 0.1) is 6.61 Å². The second-order valence-electron chi connectivity index (χ2n) is 7.59. The van der Waals surface area contributed by atoms with Crippen LogP contribution in [0, 0.1) is 0 Å². The van der Waals surface area contributed by atoms with Gasteiger partial charge in [-0.3, -0.25) is 9.89 Å². The van der Waals surface area contributed by atoms with E-state index < -0.39 is 0 Å². The van der Waals surface area contributed by atoms with Crippen molar-refractivity contribution in [1.29, 1.82) is 0 Å². The molecule has 1 fully saturated rings. The molecular weight excluding hydrogens is 503 g/mol. The summed E-state index contributed by atoms with van der Waals surface area (Å²) in [7, 11) is 3.50. The third-order valence-corrected chi connectivity index (χ3v) is 5.32. The Bertz CT molecular complexity index is 780. The van der Waals surface area contributed by atoms with E-state index in [1.54, 1.807) is 7.11 Å². The predicted molar refractivity (Wildman–Crippen MR) is 137 cm³/mol. The summed E-state index contributed by atoms with van der Waals surface area (Å²) in [6.45, 7) is 5.08. The molecule has 0 atom stereocenters. The fraction of sp³-hybridized carbons (Fsp3) is 0.458. The van der Waals surface area contributed by atoms with Crippen LogP contribution in [0.3, 0.4) is 0 Å². The quantitative estimate of drug-likeness (QED) is 0.221. The lowest BCUT2D eigenvalue weighted by atomic mass is 10.0. The van der Waals surface area contributed by atoms with E-state index in [1.807, 2.05) is 19.2 Å². The first-order valence-corrected chi connectivity index (χ1v) is 10.7. The summed E-state index contributed by atoms with van der Waals surface area (Å²) in [5.74, 6) is 1.71. The van der Waals surface area contributed by atoms with Gasteiger partial charge in [-0.25, -0.2) is 0 Å². The number of nitrogens with one attached hydrogen (secondary N) is 2. The zero-order valence-electron chi connectivity index (χ0n) is 18.5. The maximum absolute atomic E-state index is 5.69. The Morgan fingerprint density at radius 3 is 2.48 bits per heavy atom. The first-order chi connectivity index (χ1) is 14.8. The number of ether oxygens (including phenoxy) is 2. The van der Waals surface area contributed by atoms with E-state index >= 15 is 0 Å². The number of hydrogen-bond donors (Lipinski definition) is 2. The number of guanidine groups is 1. The third-order valence-electron chi connectivity index (χ3n) is 5.32. The topological polar surface area (TPSA) is 58.1 Å². The lowest BCUT2D eigenvalue weighted by Crippen LogP contribution is -2.48. The molecule has 170 valence electrons. The summed E-state index contributed by atoms with van der Waals surface area (Å²) in [6.07, 6.45) is 2.24. The van der Waals surface area contributed by atoms with Crippen molar-refractivity contribution in [3.63, 3.8) is 0 Å². The third kappa shape index (κ3) is 9.04. The molecule has 0 unspecified atom stereocenters. The molecular formula is C24H35IN4O2. The van der Waals surface area contributed by atoms with Crippen molar-refractivity contribution in [3.8, 4) is 5.75 Å². The van der Waals surface area contributed by atoms with E-state index in [9.17, 15) is 0 Å². The average molecular weight is 538 g/mol. The van der Waals surface area contributed by atoms with Crippen LogP contribution in [0.2, 0.25) is 0 Å². The molecule has 31 heavy (non-hydrogen) atoms. The molecule has 0 saturated carbocycles. The Morgan fingerprint density at radius 2 is 1.77 bits per heavy atom. The Kier molecular flexibility index (Phi) is 11.7. The fourth-order valence-electron chi connectivity index (χ4n) is 3.64. The Morgan fingerprint density at radius 1 is 1.03 bits per heavy atom. The molecule has 1 aliphatic heterocycles. The van der Waals surface area contributed by atoms with Crippen molar-refractivity contribution < 1.29 is 9.47 Å². The minimum Gasteiger partial charge on any atom is -0.491 e. The average Bonchev–Trinajstić information content (AvgIpc) is 2.79. The predicted octanol–water partition coefficient (Wildman–Crippen LogP) is 3.66. The number of piperidine rings is 1. The van der Waals surface area contributed by atoms with E-state index in [1.165, 1.54) is 5.56 Å². The monoisotopic (exact) mass is 538 g/mol. The van der Waals surface area contributed by atoms with Gasteiger partial charge in [-0.15, -0.1) is 24.0 Å². The minimum absolute atomic E-state index is 0. The molecule has 0 spiro atoms. The van der Waals surface area contributed by atoms with Crippen LogP contribution in [-0.4, -0.2) is 57.4 Å². The molecule has 2 aromatic rings. The molecule has 6 nitrogen and oxygen atoms in total. The van der Waals surface area contributed by atoms with Crippen LogP contribution in [-0.2, 0) is 17.8 Å². The highest BCUT2D eigenvalue weighted by atomic mass is 127. The van der Waals surface area contributed by atoms with Gasteiger partial charge >= 0.3 is 0 Å². The highest BCUT2D eigenvalue weighted by molar-refractivity contribution is 14.0. The maximum Gasteiger partial charge on any atom is 0.191 e. The number of halogens is 1. The number of rotatable bonds is 9. The molecule has 2 N–H and O–H groups in total. The molecule has 1 saturated heterocycles. The molecule has 3 rings (SSSR count). The largest absolute Gasteiger partial charge is 0.491 e. The molecule has 0 amide bonds. The molecule has 0 radical (unpaired) electrons. The second kappa shape index (κ2) is 14.3. The van der Waals surface area contributed by atoms with Gasteiger partial charge in [-0.05, 0) is 36.1 Å². The van der Waals surface area contributed by atoms with Crippen LogP contribution in [0.4, 0.5) is 0 Å². The van der Waals surface area contributed by atoms with Gasteiger partial charge in [-0.1, -0.05) is 42.5 Å². The van der Waals surface area contributed by atoms with Gasteiger partial charge in [0.2, 0.25) is 0 Å². The summed E-state index contributed by atoms with van der Waals surface area (Å²) in [5.41, 5.74) is 2.54. The maximum atomic E-state index is 5.69. The minimum atomic E-state index is 0. The fourth-order valence-corrected chi connectivity index (χ4v) is 3.64. The first kappa shape index (κ1) is 25.4. The number of likely N-dealkylation sites (tertiary alicyclic amines) is 1. The van der Waals surface area contributed by atoms with E-state index in [0.717, 1.165) is 49.7 Å². The second-order valence-corrected chi connectivity index (χ2v) is 7.59. The summed E-state index contributed by atoms with van der Waals surface area (Å²) >= 11 is 0. The van der Waals surface area contributed by atoms with Gasteiger partial charge in [0, 0.05) is 46.4 Å². The van der Waals surface area contributed by atoms with E-state index in [2.05, 4.69) is 63.0 Å². The standard InChI is InChI=1S/C24H34N4O2.HI/c1-25-24(26-18-21-9-6-10-23(17-21)30-16-15-29-2)27-22-11-13-28(14-12-22)19-20-7-4-3-5-8-20;/h3-10,17,22H,11-16,18-19H2,1-2H3,(H2,25,26,27);1H. The van der Waals surface area contributed by atoms with Crippen molar-refractivity contribution in [2.45, 2.75) is 32.0 Å². The molecule has 0 aliphatic carbocycles. The molecule has 1 aliphatic rings. The van der Waals surface area contributed by atoms with Crippen LogP contribution < -0.4 is 15.4 Å². The summed E-state index contributed by atoms with van der Waals surface area (Å²) in [4.78, 5) is 6.93. The first-order valence-electron chi connectivity index (χ1n) is 10.7. The van der Waals surface area contributed by atoms with Crippen molar-refractivity contribution in [2.75, 3.05) is 40.5 Å². The molecule has 2 aromatic carbocycles. The summed E-state index contributed by atoms with van der Waals surface area (Å²) in [5, 5.41) is 7.00. The van der Waals surface area contributed by atoms with Crippen molar-refractivity contribution in [2.24, 2.45) is 4.99 Å². The van der Waals surface area contributed by atoms with Gasteiger partial charge in [0.15, 0.2) is 5.96 Å². The summed E-state index contributed by atoms with van der Waals surface area (Å²) < 4.78 is 10.7. The Balaban J connectivity index is 0.00000341. The van der Waals surface area contributed by atoms with Crippen LogP contribution in [0.25, 0.3) is 0 Å². The van der Waals surface area contributed by atoms with Gasteiger partial charge in [0.1, 0.15) is 12.4 Å². The SMILES string of the molecule is CN=C(NCc1cccc(OCCOC)c1)NC1CCN(Cc2ccccc2)CC1.I. The van der Waals surface area contributed by atoms with E-state index in [0.29, 0.717) is 25.8 Å². The van der Waals surface area contributed by atoms with Crippen LogP contribution in [0.5, 0.6) is 5.75 Å². The molecule has 7 heteroatoms. The number of aliphatic imine (C=N–C) groups is 1. The number of benzene rings is 2. The summed E-state index contributed by atoms with van der Waals surface area (Å²) in [6, 6.07) is 19.3. The normalized spacial score (nSPS) is 15.2. The number of methoxy groups -OCH3 is 1. The zero-order chi connectivity index (χ0) is 21.0. The Hall–Kier alpha value is -1.84. The van der Waals surface area contributed by atoms with Gasteiger partial charge in [-0.2, -0.15) is 0 Å². The van der Waals surface area contributed by atoms with E-state index in [4.69, 9.17) is 9.47 Å². The van der Waals surface area contributed by atoms with Crippen LogP contribution in [0.1, 0.15) is 24.0 Å². The highest BCUT2D eigenvalue weighted by Gasteiger charge is 2.20. The van der Waals surface area contributed by atoms with E-state index in [-0.39, 0.29) is 24.0 Å². The molecule has 0 aromatic heterocycles. The number of hydrogen-bond acceptors (Lipinski definition) is 4. The van der Waals surface area contributed by atoms with Crippen molar-refractivity contribution in [1.82, 2.24) is 15.5 Å². The molecule has 0 bridgehead atoms.